The molecule has 1 saturated carbocycles. The Morgan fingerprint density at radius 1 is 1.36 bits per heavy atom. The van der Waals surface area contributed by atoms with E-state index in [0.717, 1.165) is 22.9 Å². The van der Waals surface area contributed by atoms with Crippen molar-refractivity contribution in [3.05, 3.63) is 34.9 Å². The second-order valence-electron chi connectivity index (χ2n) is 4.15. The molecule has 76 valence electrons. The summed E-state index contributed by atoms with van der Waals surface area (Å²) in [4.78, 5) is 0. The summed E-state index contributed by atoms with van der Waals surface area (Å²) in [6.45, 7) is 0. The van der Waals surface area contributed by atoms with Gasteiger partial charge in [0.1, 0.15) is 0 Å². The van der Waals surface area contributed by atoms with Gasteiger partial charge in [0.15, 0.2) is 0 Å². The van der Waals surface area contributed by atoms with Gasteiger partial charge in [-0.25, -0.2) is 0 Å². The van der Waals surface area contributed by atoms with Crippen molar-refractivity contribution in [2.24, 2.45) is 11.7 Å². The van der Waals surface area contributed by atoms with Crippen LogP contribution in [0.1, 0.15) is 37.3 Å². The second-order valence-corrected chi connectivity index (χ2v) is 4.56. The SMILES string of the molecule is NC(CCC1CC1)c1ccccc1Cl. The maximum atomic E-state index is 6.09. The van der Waals surface area contributed by atoms with Gasteiger partial charge in [-0.1, -0.05) is 42.6 Å². The second kappa shape index (κ2) is 4.33. The van der Waals surface area contributed by atoms with Gasteiger partial charge in [0.2, 0.25) is 0 Å². The van der Waals surface area contributed by atoms with Crippen LogP contribution in [0.3, 0.4) is 0 Å². The third-order valence-electron chi connectivity index (χ3n) is 2.89. The Hall–Kier alpha value is -0.530. The normalized spacial score (nSPS) is 18.1. The van der Waals surface area contributed by atoms with E-state index < -0.39 is 0 Å². The van der Waals surface area contributed by atoms with Crippen LogP contribution in [0.4, 0.5) is 0 Å². The van der Waals surface area contributed by atoms with Gasteiger partial charge in [-0.2, -0.15) is 0 Å². The lowest BCUT2D eigenvalue weighted by molar-refractivity contribution is 0.575. The van der Waals surface area contributed by atoms with Crippen molar-refractivity contribution >= 4 is 11.6 Å². The van der Waals surface area contributed by atoms with Crippen molar-refractivity contribution in [2.45, 2.75) is 31.7 Å². The van der Waals surface area contributed by atoms with E-state index in [0.29, 0.717) is 0 Å². The number of hydrogen-bond donors (Lipinski definition) is 1. The van der Waals surface area contributed by atoms with Gasteiger partial charge < -0.3 is 5.73 Å². The zero-order valence-corrected chi connectivity index (χ0v) is 9.00. The zero-order valence-electron chi connectivity index (χ0n) is 8.25. The van der Waals surface area contributed by atoms with Crippen LogP contribution in [0, 0.1) is 5.92 Å². The molecule has 1 aromatic carbocycles. The molecule has 1 aliphatic rings. The van der Waals surface area contributed by atoms with Crippen molar-refractivity contribution in [1.29, 1.82) is 0 Å². The van der Waals surface area contributed by atoms with Gasteiger partial charge in [0.25, 0.3) is 0 Å². The highest BCUT2D eigenvalue weighted by atomic mass is 35.5. The predicted octanol–water partition coefficient (Wildman–Crippen LogP) is 3.53. The summed E-state index contributed by atoms with van der Waals surface area (Å²) in [6.07, 6.45) is 5.12. The molecule has 0 heterocycles. The van der Waals surface area contributed by atoms with Crippen LogP contribution in [0.2, 0.25) is 5.02 Å². The highest BCUT2D eigenvalue weighted by Gasteiger charge is 2.22. The first-order chi connectivity index (χ1) is 6.77. The van der Waals surface area contributed by atoms with E-state index in [1.807, 2.05) is 24.3 Å². The molecule has 14 heavy (non-hydrogen) atoms. The van der Waals surface area contributed by atoms with Crippen molar-refractivity contribution in [1.82, 2.24) is 0 Å². The minimum Gasteiger partial charge on any atom is -0.324 e. The predicted molar refractivity (Wildman–Crippen MR) is 60.3 cm³/mol. The Labute approximate surface area is 90.3 Å². The quantitative estimate of drug-likeness (QED) is 0.807. The maximum absolute atomic E-state index is 6.09. The number of hydrogen-bond acceptors (Lipinski definition) is 1. The summed E-state index contributed by atoms with van der Waals surface area (Å²) in [6, 6.07) is 8.00. The lowest BCUT2D eigenvalue weighted by Crippen LogP contribution is -2.10. The monoisotopic (exact) mass is 209 g/mol. The third kappa shape index (κ3) is 2.49. The number of rotatable bonds is 4. The Morgan fingerprint density at radius 2 is 2.07 bits per heavy atom. The fraction of sp³-hybridized carbons (Fsp3) is 0.500. The van der Waals surface area contributed by atoms with Gasteiger partial charge in [0.05, 0.1) is 0 Å². The van der Waals surface area contributed by atoms with E-state index in [2.05, 4.69) is 0 Å². The Kier molecular flexibility index (Phi) is 3.09. The number of nitrogens with two attached hydrogens (primary N) is 1. The molecule has 2 heteroatoms. The van der Waals surface area contributed by atoms with Crippen molar-refractivity contribution in [3.8, 4) is 0 Å². The molecule has 0 aliphatic heterocycles. The van der Waals surface area contributed by atoms with Gasteiger partial charge in [0, 0.05) is 11.1 Å². The number of halogens is 1. The summed E-state index contributed by atoms with van der Waals surface area (Å²) >= 11 is 6.07. The first-order valence-corrected chi connectivity index (χ1v) is 5.65. The molecule has 0 spiro atoms. The molecule has 1 fully saturated rings. The van der Waals surface area contributed by atoms with E-state index in [4.69, 9.17) is 17.3 Å². The van der Waals surface area contributed by atoms with E-state index in [9.17, 15) is 0 Å². The lowest BCUT2D eigenvalue weighted by atomic mass is 10.0. The minimum atomic E-state index is 0.115. The largest absolute Gasteiger partial charge is 0.324 e. The molecule has 1 nitrogen and oxygen atoms in total. The summed E-state index contributed by atoms with van der Waals surface area (Å²) in [5.41, 5.74) is 7.18. The van der Waals surface area contributed by atoms with E-state index >= 15 is 0 Å². The van der Waals surface area contributed by atoms with Crippen LogP contribution in [-0.4, -0.2) is 0 Å². The first-order valence-electron chi connectivity index (χ1n) is 5.27. The van der Waals surface area contributed by atoms with Gasteiger partial charge >= 0.3 is 0 Å². The van der Waals surface area contributed by atoms with E-state index in [-0.39, 0.29) is 6.04 Å². The fourth-order valence-corrected chi connectivity index (χ4v) is 2.03. The van der Waals surface area contributed by atoms with E-state index in [1.54, 1.807) is 0 Å². The Bertz CT molecular complexity index is 307. The van der Waals surface area contributed by atoms with Crippen LogP contribution in [0.15, 0.2) is 24.3 Å². The van der Waals surface area contributed by atoms with Gasteiger partial charge in [-0.15, -0.1) is 0 Å². The van der Waals surface area contributed by atoms with Crippen LogP contribution in [0.25, 0.3) is 0 Å². The van der Waals surface area contributed by atoms with Gasteiger partial charge in [-0.3, -0.25) is 0 Å². The standard InChI is InChI=1S/C12H16ClN/c13-11-4-2-1-3-10(11)12(14)8-7-9-5-6-9/h1-4,9,12H,5-8,14H2. The average Bonchev–Trinajstić information content (AvgIpc) is 2.98. The average molecular weight is 210 g/mol. The molecule has 1 aliphatic carbocycles. The van der Waals surface area contributed by atoms with Crippen LogP contribution >= 0.6 is 11.6 Å². The fourth-order valence-electron chi connectivity index (χ4n) is 1.75. The summed E-state index contributed by atoms with van der Waals surface area (Å²) < 4.78 is 0. The highest BCUT2D eigenvalue weighted by Crippen LogP contribution is 2.36. The van der Waals surface area contributed by atoms with Gasteiger partial charge in [-0.05, 0) is 30.4 Å². The first kappa shape index (κ1) is 10.0. The maximum Gasteiger partial charge on any atom is 0.0453 e. The Balaban J connectivity index is 1.95. The molecule has 2 N–H and O–H groups in total. The zero-order chi connectivity index (χ0) is 9.97. The van der Waals surface area contributed by atoms with Crippen LogP contribution in [-0.2, 0) is 0 Å². The molecule has 1 atom stereocenters. The topological polar surface area (TPSA) is 26.0 Å². The smallest absolute Gasteiger partial charge is 0.0453 e. The molecule has 0 aromatic heterocycles. The molecule has 0 radical (unpaired) electrons. The van der Waals surface area contributed by atoms with Crippen molar-refractivity contribution < 1.29 is 0 Å². The molecular weight excluding hydrogens is 194 g/mol. The molecule has 2 rings (SSSR count). The van der Waals surface area contributed by atoms with Crippen molar-refractivity contribution in [3.63, 3.8) is 0 Å². The molecule has 1 aromatic rings. The molecule has 1 unspecified atom stereocenters. The molecule has 0 amide bonds. The summed E-state index contributed by atoms with van der Waals surface area (Å²) in [5.74, 6) is 0.948. The number of benzene rings is 1. The molecular formula is C12H16ClN. The summed E-state index contributed by atoms with van der Waals surface area (Å²) in [7, 11) is 0. The van der Waals surface area contributed by atoms with Crippen LogP contribution < -0.4 is 5.73 Å². The summed E-state index contributed by atoms with van der Waals surface area (Å²) in [5, 5.41) is 0.802. The Morgan fingerprint density at radius 3 is 2.71 bits per heavy atom. The molecule has 0 saturated heterocycles. The third-order valence-corrected chi connectivity index (χ3v) is 3.23. The minimum absolute atomic E-state index is 0.115. The lowest BCUT2D eigenvalue weighted by Gasteiger charge is -2.12. The molecule has 0 bridgehead atoms. The van der Waals surface area contributed by atoms with Crippen molar-refractivity contribution in [2.75, 3.05) is 0 Å². The van der Waals surface area contributed by atoms with E-state index in [1.165, 1.54) is 19.3 Å². The highest BCUT2D eigenvalue weighted by molar-refractivity contribution is 6.31. The van der Waals surface area contributed by atoms with Crippen LogP contribution in [0.5, 0.6) is 0 Å².